The number of aryl methyl sites for hydroxylation is 1. The zero-order chi connectivity index (χ0) is 16.9. The topological polar surface area (TPSA) is 97.0 Å². The van der Waals surface area contributed by atoms with Gasteiger partial charge >= 0.3 is 5.97 Å². The number of esters is 1. The Morgan fingerprint density at radius 3 is 2.52 bits per heavy atom. The molecule has 0 aliphatic carbocycles. The van der Waals surface area contributed by atoms with Gasteiger partial charge in [-0.25, -0.2) is 4.79 Å². The summed E-state index contributed by atoms with van der Waals surface area (Å²) >= 11 is 3.20. The normalized spacial score (nSPS) is 11.1. The number of phenolic OH excluding ortho intramolecular Hbond substituents is 2. The van der Waals surface area contributed by atoms with E-state index in [1.54, 1.807) is 13.0 Å². The second-order valence-corrected chi connectivity index (χ2v) is 5.89. The summed E-state index contributed by atoms with van der Waals surface area (Å²) in [5.41, 5.74) is 0.0468. The lowest BCUT2D eigenvalue weighted by Crippen LogP contribution is -2.11. The van der Waals surface area contributed by atoms with Crippen LogP contribution in [0.2, 0.25) is 0 Å². The van der Waals surface area contributed by atoms with Crippen molar-refractivity contribution in [3.8, 4) is 11.5 Å². The molecule has 1 aromatic heterocycles. The molecule has 6 nitrogen and oxygen atoms in total. The largest absolute Gasteiger partial charge is 0.507 e. The first kappa shape index (κ1) is 15.4. The number of carbonyl (C=O) groups excluding carboxylic acids is 1. The van der Waals surface area contributed by atoms with Gasteiger partial charge in [-0.3, -0.25) is 4.79 Å². The molecular weight excluding hydrogens is 368 g/mol. The van der Waals surface area contributed by atoms with Crippen LogP contribution in [0.15, 0.2) is 31.9 Å². The van der Waals surface area contributed by atoms with Crippen LogP contribution in [-0.2, 0) is 4.74 Å². The van der Waals surface area contributed by atoms with Gasteiger partial charge in [0.25, 0.3) is 0 Å². The maximum absolute atomic E-state index is 12.8. The van der Waals surface area contributed by atoms with E-state index in [0.29, 0.717) is 10.0 Å². The van der Waals surface area contributed by atoms with Gasteiger partial charge in [0, 0.05) is 0 Å². The quantitative estimate of drug-likeness (QED) is 0.498. The summed E-state index contributed by atoms with van der Waals surface area (Å²) in [5.74, 6) is -1.56. The van der Waals surface area contributed by atoms with E-state index in [1.807, 2.05) is 0 Å². The van der Waals surface area contributed by atoms with Gasteiger partial charge in [-0.1, -0.05) is 0 Å². The standard InChI is InChI=1S/C16H11BrO6/c1-6-3-8(18)11-10(4-6)23-15-7(17)5-9(19)12(16(21)22-2)13(15)14(11)20/h3-5,18-19H,1-2H3. The van der Waals surface area contributed by atoms with Gasteiger partial charge in [0.1, 0.15) is 28.0 Å². The zero-order valence-corrected chi connectivity index (χ0v) is 13.7. The van der Waals surface area contributed by atoms with Gasteiger partial charge in [0.15, 0.2) is 5.58 Å². The van der Waals surface area contributed by atoms with Crippen LogP contribution in [0, 0.1) is 6.92 Å². The smallest absolute Gasteiger partial charge is 0.342 e. The molecule has 0 fully saturated rings. The van der Waals surface area contributed by atoms with Crippen molar-refractivity contribution >= 4 is 43.8 Å². The van der Waals surface area contributed by atoms with Gasteiger partial charge in [-0.2, -0.15) is 0 Å². The number of methoxy groups -OCH3 is 1. The van der Waals surface area contributed by atoms with E-state index in [9.17, 15) is 19.8 Å². The predicted octanol–water partition coefficient (Wildman–Crippen LogP) is 3.21. The van der Waals surface area contributed by atoms with Crippen LogP contribution in [0.3, 0.4) is 0 Å². The van der Waals surface area contributed by atoms with E-state index in [2.05, 4.69) is 20.7 Å². The molecule has 0 atom stereocenters. The highest BCUT2D eigenvalue weighted by atomic mass is 79.9. The first-order valence-corrected chi connectivity index (χ1v) is 7.34. The van der Waals surface area contributed by atoms with E-state index < -0.39 is 17.1 Å². The van der Waals surface area contributed by atoms with Gasteiger partial charge in [-0.05, 0) is 46.6 Å². The summed E-state index contributed by atoms with van der Waals surface area (Å²) in [6.45, 7) is 1.75. The van der Waals surface area contributed by atoms with Crippen LogP contribution in [0.1, 0.15) is 15.9 Å². The molecule has 3 rings (SSSR count). The zero-order valence-electron chi connectivity index (χ0n) is 12.1. The van der Waals surface area contributed by atoms with Crippen LogP contribution in [0.4, 0.5) is 0 Å². The summed E-state index contributed by atoms with van der Waals surface area (Å²) in [6, 6.07) is 4.27. The number of hydrogen-bond donors (Lipinski definition) is 2. The van der Waals surface area contributed by atoms with E-state index >= 15 is 0 Å². The first-order valence-electron chi connectivity index (χ1n) is 6.55. The Balaban J connectivity index is 2.65. The monoisotopic (exact) mass is 378 g/mol. The molecule has 23 heavy (non-hydrogen) atoms. The fourth-order valence-corrected chi connectivity index (χ4v) is 3.02. The minimum atomic E-state index is -0.877. The minimum Gasteiger partial charge on any atom is -0.507 e. The van der Waals surface area contributed by atoms with E-state index in [1.165, 1.54) is 12.1 Å². The van der Waals surface area contributed by atoms with Crippen LogP contribution in [-0.4, -0.2) is 23.3 Å². The van der Waals surface area contributed by atoms with Gasteiger partial charge in [0.05, 0.1) is 17.0 Å². The number of rotatable bonds is 1. The maximum Gasteiger partial charge on any atom is 0.342 e. The number of halogens is 1. The molecule has 0 radical (unpaired) electrons. The number of benzene rings is 2. The van der Waals surface area contributed by atoms with Crippen LogP contribution >= 0.6 is 15.9 Å². The molecule has 0 amide bonds. The number of fused-ring (bicyclic) bond motifs is 2. The molecule has 0 spiro atoms. The summed E-state index contributed by atoms with van der Waals surface area (Å²) in [6.07, 6.45) is 0. The number of phenols is 2. The van der Waals surface area contributed by atoms with Crippen molar-refractivity contribution in [3.63, 3.8) is 0 Å². The SMILES string of the molecule is COC(=O)c1c(O)cc(Br)c2oc3cc(C)cc(O)c3c(=O)c12. The Hall–Kier alpha value is -2.54. The molecule has 2 N–H and O–H groups in total. The molecular formula is C16H11BrO6. The number of aromatic hydroxyl groups is 2. The molecule has 2 aromatic carbocycles. The van der Waals surface area contributed by atoms with Crippen molar-refractivity contribution in [2.45, 2.75) is 6.92 Å². The summed E-state index contributed by atoms with van der Waals surface area (Å²) in [7, 11) is 1.14. The number of hydrogen-bond acceptors (Lipinski definition) is 6. The van der Waals surface area contributed by atoms with Gasteiger partial charge in [-0.15, -0.1) is 0 Å². The maximum atomic E-state index is 12.8. The van der Waals surface area contributed by atoms with Crippen molar-refractivity contribution in [2.75, 3.05) is 7.11 Å². The van der Waals surface area contributed by atoms with Gasteiger partial charge < -0.3 is 19.4 Å². The lowest BCUT2D eigenvalue weighted by molar-refractivity contribution is 0.0599. The fourth-order valence-electron chi connectivity index (χ4n) is 2.52. The Bertz CT molecular complexity index is 1030. The van der Waals surface area contributed by atoms with Crippen LogP contribution in [0.5, 0.6) is 11.5 Å². The molecule has 0 saturated carbocycles. The van der Waals surface area contributed by atoms with Crippen molar-refractivity contribution in [1.82, 2.24) is 0 Å². The Labute approximate surface area is 138 Å². The predicted molar refractivity (Wildman–Crippen MR) is 87.1 cm³/mol. The van der Waals surface area contributed by atoms with E-state index in [-0.39, 0.29) is 33.3 Å². The third kappa shape index (κ3) is 2.24. The lowest BCUT2D eigenvalue weighted by Gasteiger charge is -2.10. The van der Waals surface area contributed by atoms with Crippen LogP contribution < -0.4 is 5.43 Å². The van der Waals surface area contributed by atoms with E-state index in [0.717, 1.165) is 7.11 Å². The lowest BCUT2D eigenvalue weighted by atomic mass is 10.0. The highest BCUT2D eigenvalue weighted by Crippen LogP contribution is 2.36. The highest BCUT2D eigenvalue weighted by Gasteiger charge is 2.24. The molecule has 3 aromatic rings. The summed E-state index contributed by atoms with van der Waals surface area (Å²) < 4.78 is 10.6. The average molecular weight is 379 g/mol. The molecule has 0 unspecified atom stereocenters. The Morgan fingerprint density at radius 2 is 1.87 bits per heavy atom. The molecule has 7 heteroatoms. The van der Waals surface area contributed by atoms with Crippen molar-refractivity contribution in [2.24, 2.45) is 0 Å². The molecule has 0 saturated heterocycles. The third-order valence-electron chi connectivity index (χ3n) is 3.49. The van der Waals surface area contributed by atoms with E-state index in [4.69, 9.17) is 4.42 Å². The molecule has 0 aliphatic rings. The number of ether oxygens (including phenoxy) is 1. The Kier molecular flexibility index (Phi) is 3.52. The molecule has 0 aliphatic heterocycles. The van der Waals surface area contributed by atoms with Crippen molar-refractivity contribution in [1.29, 1.82) is 0 Å². The molecule has 118 valence electrons. The fraction of sp³-hybridized carbons (Fsp3) is 0.125. The summed E-state index contributed by atoms with van der Waals surface area (Å²) in [4.78, 5) is 24.8. The molecule has 1 heterocycles. The average Bonchev–Trinajstić information content (AvgIpc) is 2.47. The number of carbonyl (C=O) groups is 1. The van der Waals surface area contributed by atoms with Crippen molar-refractivity contribution in [3.05, 3.63) is 44.0 Å². The van der Waals surface area contributed by atoms with Crippen molar-refractivity contribution < 1.29 is 24.2 Å². The van der Waals surface area contributed by atoms with Crippen LogP contribution in [0.25, 0.3) is 21.9 Å². The summed E-state index contributed by atoms with van der Waals surface area (Å²) in [5, 5.41) is 19.9. The molecule has 0 bridgehead atoms. The van der Waals surface area contributed by atoms with Gasteiger partial charge in [0.2, 0.25) is 5.43 Å². The Morgan fingerprint density at radius 1 is 1.17 bits per heavy atom. The second-order valence-electron chi connectivity index (χ2n) is 5.04. The minimum absolute atomic E-state index is 0.0641. The second kappa shape index (κ2) is 5.27. The third-order valence-corrected chi connectivity index (χ3v) is 4.08. The highest BCUT2D eigenvalue weighted by molar-refractivity contribution is 9.10. The first-order chi connectivity index (χ1) is 10.8.